The van der Waals surface area contributed by atoms with Crippen LogP contribution in [0, 0.1) is 17.3 Å². The Morgan fingerprint density at radius 1 is 1.38 bits per heavy atom. The normalized spacial score (nSPS) is 42.7. The van der Waals surface area contributed by atoms with E-state index in [0.29, 0.717) is 0 Å². The fraction of sp³-hybridized carbons (Fsp3) is 0.571. The Hall–Kier alpha value is -0.340. The Morgan fingerprint density at radius 3 is 3.00 bits per heavy atom. The lowest BCUT2D eigenvalue weighted by Crippen LogP contribution is -2.29. The molecule has 0 bridgehead atoms. The van der Waals surface area contributed by atoms with Gasteiger partial charge in [0.1, 0.15) is 0 Å². The third-order valence-electron chi connectivity index (χ3n) is 4.94. The Morgan fingerprint density at radius 2 is 2.31 bits per heavy atom. The maximum absolute atomic E-state index is 3.75. The maximum atomic E-state index is 3.75. The molecule has 1 aromatic carbocycles. The van der Waals surface area contributed by atoms with Crippen LogP contribution < -0.4 is 5.32 Å². The summed E-state index contributed by atoms with van der Waals surface area (Å²) in [5, 5.41) is 3.75. The van der Waals surface area contributed by atoms with Crippen LogP contribution in [0.3, 0.4) is 0 Å². The first-order valence-electron chi connectivity index (χ1n) is 6.26. The van der Waals surface area contributed by atoms with E-state index in [0.717, 1.165) is 29.8 Å². The molecule has 0 aromatic heterocycles. The predicted octanol–water partition coefficient (Wildman–Crippen LogP) is 3.34. The highest BCUT2D eigenvalue weighted by Gasteiger charge is 2.76. The molecule has 1 aromatic rings. The van der Waals surface area contributed by atoms with E-state index in [-0.39, 0.29) is 0 Å². The number of nitrogens with one attached hydrogen (secondary N) is 1. The standard InChI is InChI=1S/C14H16BrN/c15-11-3-1-2-9(4-11)8-16-13-5-10-6-14(10)7-12(13)14/h1-4,10,12-13,16H,5-8H2. The fourth-order valence-corrected chi connectivity index (χ4v) is 4.35. The van der Waals surface area contributed by atoms with Gasteiger partial charge in [-0.3, -0.25) is 0 Å². The predicted molar refractivity (Wildman–Crippen MR) is 68.0 cm³/mol. The van der Waals surface area contributed by atoms with Gasteiger partial charge >= 0.3 is 0 Å². The second kappa shape index (κ2) is 3.11. The lowest BCUT2D eigenvalue weighted by Gasteiger charge is -2.15. The van der Waals surface area contributed by atoms with E-state index in [4.69, 9.17) is 0 Å². The lowest BCUT2D eigenvalue weighted by atomic mass is 10.1. The largest absolute Gasteiger partial charge is 0.310 e. The van der Waals surface area contributed by atoms with Crippen molar-refractivity contribution in [3.8, 4) is 0 Å². The van der Waals surface area contributed by atoms with Gasteiger partial charge in [0, 0.05) is 17.1 Å². The Labute approximate surface area is 105 Å². The summed E-state index contributed by atoms with van der Waals surface area (Å²) >= 11 is 3.52. The average Bonchev–Trinajstić information content (AvgIpc) is 3.14. The van der Waals surface area contributed by atoms with Gasteiger partial charge in [0.25, 0.3) is 0 Å². The van der Waals surface area contributed by atoms with Crippen molar-refractivity contribution in [2.75, 3.05) is 0 Å². The first-order valence-corrected chi connectivity index (χ1v) is 7.05. The Bertz CT molecular complexity index is 444. The fourth-order valence-electron chi connectivity index (χ4n) is 3.91. The van der Waals surface area contributed by atoms with E-state index in [9.17, 15) is 0 Å². The second-order valence-corrected chi connectivity index (χ2v) is 6.71. The summed E-state index contributed by atoms with van der Waals surface area (Å²) in [6, 6.07) is 9.44. The summed E-state index contributed by atoms with van der Waals surface area (Å²) in [5.74, 6) is 2.13. The van der Waals surface area contributed by atoms with E-state index >= 15 is 0 Å². The van der Waals surface area contributed by atoms with Gasteiger partial charge in [0.15, 0.2) is 0 Å². The molecule has 0 aliphatic heterocycles. The molecule has 3 saturated carbocycles. The molecular weight excluding hydrogens is 262 g/mol. The molecule has 3 fully saturated rings. The van der Waals surface area contributed by atoms with Gasteiger partial charge in [-0.1, -0.05) is 28.1 Å². The molecule has 1 nitrogen and oxygen atoms in total. The molecular formula is C14H16BrN. The van der Waals surface area contributed by atoms with Gasteiger partial charge in [-0.15, -0.1) is 0 Å². The zero-order valence-electron chi connectivity index (χ0n) is 9.25. The minimum Gasteiger partial charge on any atom is -0.310 e. The Balaban J connectivity index is 1.39. The molecule has 3 aliphatic rings. The first kappa shape index (κ1) is 9.67. The number of rotatable bonds is 3. The summed E-state index contributed by atoms with van der Waals surface area (Å²) in [5.41, 5.74) is 2.26. The van der Waals surface area contributed by atoms with E-state index in [2.05, 4.69) is 45.5 Å². The van der Waals surface area contributed by atoms with Crippen LogP contribution in [0.1, 0.15) is 24.8 Å². The van der Waals surface area contributed by atoms with Crippen LogP contribution in [0.4, 0.5) is 0 Å². The van der Waals surface area contributed by atoms with Crippen LogP contribution in [-0.2, 0) is 6.54 Å². The minimum absolute atomic E-state index is 0.817. The summed E-state index contributed by atoms with van der Waals surface area (Å²) in [6.45, 7) is 1.03. The second-order valence-electron chi connectivity index (χ2n) is 5.80. The summed E-state index contributed by atoms with van der Waals surface area (Å²) in [7, 11) is 0. The zero-order valence-corrected chi connectivity index (χ0v) is 10.8. The summed E-state index contributed by atoms with van der Waals surface area (Å²) in [4.78, 5) is 0. The number of halogens is 1. The maximum Gasteiger partial charge on any atom is 0.0208 e. The molecule has 0 saturated heterocycles. The van der Waals surface area contributed by atoms with Crippen LogP contribution in [0.2, 0.25) is 0 Å². The monoisotopic (exact) mass is 277 g/mol. The highest BCUT2D eigenvalue weighted by atomic mass is 79.9. The molecule has 0 amide bonds. The van der Waals surface area contributed by atoms with Crippen LogP contribution >= 0.6 is 15.9 Å². The number of hydrogen-bond acceptors (Lipinski definition) is 1. The highest BCUT2D eigenvalue weighted by Crippen LogP contribution is 2.81. The van der Waals surface area contributed by atoms with E-state index in [1.54, 1.807) is 6.42 Å². The molecule has 0 radical (unpaired) electrons. The highest BCUT2D eigenvalue weighted by molar-refractivity contribution is 9.10. The van der Waals surface area contributed by atoms with E-state index in [1.807, 2.05) is 0 Å². The molecule has 0 heterocycles. The number of hydrogen-bond donors (Lipinski definition) is 1. The van der Waals surface area contributed by atoms with Crippen molar-refractivity contribution in [1.29, 1.82) is 0 Å². The quantitative estimate of drug-likeness (QED) is 0.894. The van der Waals surface area contributed by atoms with E-state index < -0.39 is 0 Å². The molecule has 16 heavy (non-hydrogen) atoms. The molecule has 4 rings (SSSR count). The summed E-state index contributed by atoms with van der Waals surface area (Å²) in [6.07, 6.45) is 4.51. The van der Waals surface area contributed by atoms with Gasteiger partial charge in [0.05, 0.1) is 0 Å². The Kier molecular flexibility index (Phi) is 1.88. The molecule has 1 spiro atoms. The number of benzene rings is 1. The van der Waals surface area contributed by atoms with Crippen LogP contribution in [0.25, 0.3) is 0 Å². The van der Waals surface area contributed by atoms with Gasteiger partial charge in [0.2, 0.25) is 0 Å². The van der Waals surface area contributed by atoms with E-state index in [1.165, 1.54) is 22.9 Å². The van der Waals surface area contributed by atoms with Crippen molar-refractivity contribution in [2.24, 2.45) is 17.3 Å². The van der Waals surface area contributed by atoms with Gasteiger partial charge in [-0.05, 0) is 54.2 Å². The van der Waals surface area contributed by atoms with Gasteiger partial charge in [-0.2, -0.15) is 0 Å². The van der Waals surface area contributed by atoms with Gasteiger partial charge in [-0.25, -0.2) is 0 Å². The van der Waals surface area contributed by atoms with Crippen LogP contribution in [0.15, 0.2) is 28.7 Å². The molecule has 3 aliphatic carbocycles. The molecule has 4 unspecified atom stereocenters. The summed E-state index contributed by atoms with van der Waals surface area (Å²) < 4.78 is 1.18. The van der Waals surface area contributed by atoms with Crippen molar-refractivity contribution in [3.63, 3.8) is 0 Å². The smallest absolute Gasteiger partial charge is 0.0208 e. The molecule has 1 N–H and O–H groups in total. The SMILES string of the molecule is Brc1cccc(CNC2CC3CC34CC24)c1. The minimum atomic E-state index is 0.817. The third kappa shape index (κ3) is 1.32. The average molecular weight is 278 g/mol. The van der Waals surface area contributed by atoms with Crippen LogP contribution in [0.5, 0.6) is 0 Å². The molecule has 84 valence electrons. The lowest BCUT2D eigenvalue weighted by molar-refractivity contribution is 0.445. The first-order chi connectivity index (χ1) is 7.78. The van der Waals surface area contributed by atoms with Crippen molar-refractivity contribution in [2.45, 2.75) is 31.8 Å². The third-order valence-corrected chi connectivity index (χ3v) is 5.43. The molecule has 4 atom stereocenters. The van der Waals surface area contributed by atoms with Crippen molar-refractivity contribution in [3.05, 3.63) is 34.3 Å². The van der Waals surface area contributed by atoms with Crippen molar-refractivity contribution in [1.82, 2.24) is 5.32 Å². The molecule has 2 heteroatoms. The van der Waals surface area contributed by atoms with Crippen molar-refractivity contribution < 1.29 is 0 Å². The van der Waals surface area contributed by atoms with Gasteiger partial charge < -0.3 is 5.32 Å². The zero-order chi connectivity index (χ0) is 10.8. The van der Waals surface area contributed by atoms with Crippen LogP contribution in [-0.4, -0.2) is 6.04 Å². The topological polar surface area (TPSA) is 12.0 Å². The van der Waals surface area contributed by atoms with Crippen molar-refractivity contribution >= 4 is 15.9 Å².